The van der Waals surface area contributed by atoms with Crippen LogP contribution in [0.1, 0.15) is 18.9 Å². The molecule has 0 aliphatic carbocycles. The Bertz CT molecular complexity index is 585. The summed E-state index contributed by atoms with van der Waals surface area (Å²) in [4.78, 5) is 9.22. The van der Waals surface area contributed by atoms with E-state index in [1.807, 2.05) is 19.2 Å². The molecule has 1 saturated heterocycles. The number of benzene rings is 1. The third-order valence-electron chi connectivity index (χ3n) is 4.88. The molecule has 1 aromatic carbocycles. The van der Waals surface area contributed by atoms with Gasteiger partial charge in [0.1, 0.15) is 0 Å². The highest BCUT2D eigenvalue weighted by Crippen LogP contribution is 2.21. The molecule has 0 amide bonds. The Balaban J connectivity index is 1.66. The van der Waals surface area contributed by atoms with Crippen molar-refractivity contribution in [3.05, 3.63) is 33.8 Å². The number of hydrogen-bond donors (Lipinski definition) is 2. The van der Waals surface area contributed by atoms with Crippen molar-refractivity contribution in [3.63, 3.8) is 0 Å². The molecule has 146 valence electrons. The molecule has 0 aromatic heterocycles. The summed E-state index contributed by atoms with van der Waals surface area (Å²) in [6.07, 6.45) is 1.90. The Morgan fingerprint density at radius 2 is 1.92 bits per heavy atom. The molecule has 0 bridgehead atoms. The summed E-state index contributed by atoms with van der Waals surface area (Å²) < 4.78 is 0. The summed E-state index contributed by atoms with van der Waals surface area (Å²) >= 11 is 12.2. The van der Waals surface area contributed by atoms with Crippen LogP contribution in [0.5, 0.6) is 0 Å². The fourth-order valence-electron chi connectivity index (χ4n) is 3.07. The van der Waals surface area contributed by atoms with Gasteiger partial charge in [-0.25, -0.2) is 0 Å². The van der Waals surface area contributed by atoms with E-state index < -0.39 is 0 Å². The molecular formula is C19H31Cl2N5. The van der Waals surface area contributed by atoms with Gasteiger partial charge in [0.15, 0.2) is 5.96 Å². The zero-order valence-corrected chi connectivity index (χ0v) is 17.6. The molecule has 1 heterocycles. The Morgan fingerprint density at radius 1 is 1.19 bits per heavy atom. The van der Waals surface area contributed by atoms with Crippen molar-refractivity contribution in [2.24, 2.45) is 4.99 Å². The number of nitrogens with one attached hydrogen (secondary N) is 2. The highest BCUT2D eigenvalue weighted by molar-refractivity contribution is 6.35. The molecule has 1 atom stereocenters. The third kappa shape index (κ3) is 6.95. The largest absolute Gasteiger partial charge is 0.356 e. The molecule has 0 spiro atoms. The van der Waals surface area contributed by atoms with Crippen molar-refractivity contribution in [1.82, 2.24) is 20.4 Å². The van der Waals surface area contributed by atoms with E-state index in [1.54, 1.807) is 6.07 Å². The van der Waals surface area contributed by atoms with Crippen molar-refractivity contribution < 1.29 is 0 Å². The van der Waals surface area contributed by atoms with Crippen LogP contribution in [-0.4, -0.2) is 75.2 Å². The Morgan fingerprint density at radius 3 is 2.58 bits per heavy atom. The fraction of sp³-hybridized carbons (Fsp3) is 0.632. The van der Waals surface area contributed by atoms with Gasteiger partial charge in [-0.15, -0.1) is 0 Å². The zero-order valence-electron chi connectivity index (χ0n) is 16.1. The van der Waals surface area contributed by atoms with E-state index in [0.29, 0.717) is 11.1 Å². The molecule has 0 radical (unpaired) electrons. The number of aryl methyl sites for hydroxylation is 1. The molecule has 1 unspecified atom stereocenters. The van der Waals surface area contributed by atoms with E-state index in [0.717, 1.165) is 68.7 Å². The number of piperazine rings is 1. The molecule has 1 fully saturated rings. The first-order chi connectivity index (χ1) is 12.5. The van der Waals surface area contributed by atoms with Gasteiger partial charge in [0, 0.05) is 62.4 Å². The molecule has 26 heavy (non-hydrogen) atoms. The number of hydrogen-bond acceptors (Lipinski definition) is 3. The topological polar surface area (TPSA) is 42.9 Å². The van der Waals surface area contributed by atoms with Crippen molar-refractivity contribution in [1.29, 1.82) is 0 Å². The van der Waals surface area contributed by atoms with Crippen LogP contribution in [-0.2, 0) is 6.42 Å². The second-order valence-corrected chi connectivity index (χ2v) is 7.75. The van der Waals surface area contributed by atoms with E-state index in [4.69, 9.17) is 23.2 Å². The van der Waals surface area contributed by atoms with Gasteiger partial charge in [0.2, 0.25) is 0 Å². The average molecular weight is 400 g/mol. The van der Waals surface area contributed by atoms with Crippen LogP contribution in [0.4, 0.5) is 0 Å². The van der Waals surface area contributed by atoms with Gasteiger partial charge < -0.3 is 15.5 Å². The van der Waals surface area contributed by atoms with Gasteiger partial charge in [-0.3, -0.25) is 9.89 Å². The maximum Gasteiger partial charge on any atom is 0.191 e. The van der Waals surface area contributed by atoms with Crippen molar-refractivity contribution >= 4 is 29.2 Å². The monoisotopic (exact) mass is 399 g/mol. The van der Waals surface area contributed by atoms with E-state index in [-0.39, 0.29) is 0 Å². The van der Waals surface area contributed by atoms with Crippen molar-refractivity contribution in [3.8, 4) is 0 Å². The van der Waals surface area contributed by atoms with Crippen molar-refractivity contribution in [2.45, 2.75) is 25.8 Å². The predicted octanol–water partition coefficient (Wildman–Crippen LogP) is 2.73. The number of likely N-dealkylation sites (N-methyl/N-ethyl adjacent to an activating group) is 1. The van der Waals surface area contributed by atoms with Crippen LogP contribution >= 0.6 is 23.2 Å². The first-order valence-corrected chi connectivity index (χ1v) is 10.1. The zero-order chi connectivity index (χ0) is 18.9. The summed E-state index contributed by atoms with van der Waals surface area (Å²) in [5, 5.41) is 8.23. The lowest BCUT2D eigenvalue weighted by molar-refractivity contribution is 0.120. The average Bonchev–Trinajstić information content (AvgIpc) is 2.63. The minimum absolute atomic E-state index is 0.495. The minimum atomic E-state index is 0.495. The maximum atomic E-state index is 6.22. The molecular weight excluding hydrogens is 369 g/mol. The van der Waals surface area contributed by atoms with Gasteiger partial charge in [-0.1, -0.05) is 29.3 Å². The lowest BCUT2D eigenvalue weighted by Crippen LogP contribution is -2.52. The smallest absolute Gasteiger partial charge is 0.191 e. The van der Waals surface area contributed by atoms with Gasteiger partial charge in [0.05, 0.1) is 0 Å². The highest BCUT2D eigenvalue weighted by atomic mass is 35.5. The lowest BCUT2D eigenvalue weighted by atomic mass is 10.1. The summed E-state index contributed by atoms with van der Waals surface area (Å²) in [6.45, 7) is 8.57. The summed E-state index contributed by atoms with van der Waals surface area (Å²) in [5.41, 5.74) is 1.13. The molecule has 0 saturated carbocycles. The van der Waals surface area contributed by atoms with Crippen LogP contribution in [0.25, 0.3) is 0 Å². The normalized spacial score (nSPS) is 18.0. The molecule has 7 heteroatoms. The highest BCUT2D eigenvalue weighted by Gasteiger charge is 2.18. The van der Waals surface area contributed by atoms with Gasteiger partial charge >= 0.3 is 0 Å². The van der Waals surface area contributed by atoms with Crippen LogP contribution in [0, 0.1) is 0 Å². The fourth-order valence-corrected chi connectivity index (χ4v) is 3.57. The molecule has 2 N–H and O–H groups in total. The second-order valence-electron chi connectivity index (χ2n) is 6.91. The van der Waals surface area contributed by atoms with E-state index >= 15 is 0 Å². The van der Waals surface area contributed by atoms with Crippen LogP contribution < -0.4 is 10.6 Å². The Hall–Kier alpha value is -1.01. The van der Waals surface area contributed by atoms with Crippen LogP contribution in [0.15, 0.2) is 23.2 Å². The van der Waals surface area contributed by atoms with Gasteiger partial charge in [0.25, 0.3) is 0 Å². The standard InChI is InChI=1S/C19H31Cl2N5/c1-15(26-11-9-25(3)10-12-26)14-24-19(22-2)23-8-4-5-16-6-7-17(20)13-18(16)21/h6-7,13,15H,4-5,8-12,14H2,1-3H3,(H2,22,23,24). The van der Waals surface area contributed by atoms with Crippen LogP contribution in [0.3, 0.4) is 0 Å². The quantitative estimate of drug-likeness (QED) is 0.420. The van der Waals surface area contributed by atoms with Gasteiger partial charge in [-0.05, 0) is 44.5 Å². The SMILES string of the molecule is CN=C(NCCCc1ccc(Cl)cc1Cl)NCC(C)N1CCN(C)CC1. The number of nitrogens with zero attached hydrogens (tertiary/aromatic N) is 3. The predicted molar refractivity (Wildman–Crippen MR) is 113 cm³/mol. The maximum absolute atomic E-state index is 6.22. The minimum Gasteiger partial charge on any atom is -0.356 e. The van der Waals surface area contributed by atoms with Gasteiger partial charge in [-0.2, -0.15) is 0 Å². The third-order valence-corrected chi connectivity index (χ3v) is 5.47. The number of rotatable bonds is 7. The Labute approximate surface area is 167 Å². The lowest BCUT2D eigenvalue weighted by Gasteiger charge is -2.36. The molecule has 5 nitrogen and oxygen atoms in total. The van der Waals surface area contributed by atoms with Crippen LogP contribution in [0.2, 0.25) is 10.0 Å². The van der Waals surface area contributed by atoms with E-state index in [2.05, 4.69) is 39.4 Å². The molecule has 1 aliphatic heterocycles. The summed E-state index contributed by atoms with van der Waals surface area (Å²) in [6, 6.07) is 6.17. The summed E-state index contributed by atoms with van der Waals surface area (Å²) in [5.74, 6) is 0.855. The molecule has 1 aromatic rings. The van der Waals surface area contributed by atoms with E-state index in [1.165, 1.54) is 0 Å². The number of aliphatic imine (C=N–C) groups is 1. The second kappa shape index (κ2) is 11.0. The van der Waals surface area contributed by atoms with Crippen molar-refractivity contribution in [2.75, 3.05) is 53.4 Å². The first-order valence-electron chi connectivity index (χ1n) is 9.30. The molecule has 2 rings (SSSR count). The molecule has 1 aliphatic rings. The first kappa shape index (κ1) is 21.3. The Kier molecular flexibility index (Phi) is 8.99. The van der Waals surface area contributed by atoms with E-state index in [9.17, 15) is 0 Å². The number of guanidine groups is 1. The number of halogens is 2. The summed E-state index contributed by atoms with van der Waals surface area (Å²) in [7, 11) is 4.00.